The van der Waals surface area contributed by atoms with Gasteiger partial charge in [-0.15, -0.1) is 0 Å². The summed E-state index contributed by atoms with van der Waals surface area (Å²) >= 11 is 0. The van der Waals surface area contributed by atoms with Crippen molar-refractivity contribution in [3.8, 4) is 22.6 Å². The fourth-order valence-corrected chi connectivity index (χ4v) is 2.16. The summed E-state index contributed by atoms with van der Waals surface area (Å²) in [5.41, 5.74) is 15.3. The Balaban J connectivity index is 1.85. The molecule has 3 nitrogen and oxygen atoms in total. The van der Waals surface area contributed by atoms with Crippen LogP contribution in [-0.2, 0) is 0 Å². The Labute approximate surface area is 123 Å². The number of ether oxygens (including phenoxy) is 1. The van der Waals surface area contributed by atoms with E-state index in [1.807, 2.05) is 72.8 Å². The fourth-order valence-electron chi connectivity index (χ4n) is 2.16. The predicted molar refractivity (Wildman–Crippen MR) is 87.2 cm³/mol. The molecule has 0 spiro atoms. The molecule has 0 saturated carbocycles. The second kappa shape index (κ2) is 5.59. The molecule has 0 aliphatic heterocycles. The Bertz CT molecular complexity index is 751. The number of nitrogen functional groups attached to an aromatic ring is 2. The molecule has 0 amide bonds. The summed E-state index contributed by atoms with van der Waals surface area (Å²) in [5.74, 6) is 1.40. The third kappa shape index (κ3) is 2.82. The van der Waals surface area contributed by atoms with Gasteiger partial charge in [-0.1, -0.05) is 42.5 Å². The van der Waals surface area contributed by atoms with Crippen LogP contribution in [0.25, 0.3) is 11.1 Å². The Morgan fingerprint density at radius 2 is 1.24 bits per heavy atom. The van der Waals surface area contributed by atoms with Crippen molar-refractivity contribution in [1.29, 1.82) is 0 Å². The zero-order chi connectivity index (χ0) is 14.7. The van der Waals surface area contributed by atoms with E-state index in [-0.39, 0.29) is 0 Å². The summed E-state index contributed by atoms with van der Waals surface area (Å²) in [5, 5.41) is 0. The van der Waals surface area contributed by atoms with E-state index in [0.717, 1.165) is 22.6 Å². The quantitative estimate of drug-likeness (QED) is 0.701. The van der Waals surface area contributed by atoms with Gasteiger partial charge in [0.1, 0.15) is 11.5 Å². The lowest BCUT2D eigenvalue weighted by atomic mass is 10.0. The highest BCUT2D eigenvalue weighted by atomic mass is 16.5. The van der Waals surface area contributed by atoms with Crippen molar-refractivity contribution in [1.82, 2.24) is 0 Å². The first-order valence-electron chi connectivity index (χ1n) is 6.71. The first-order chi connectivity index (χ1) is 10.2. The molecule has 0 radical (unpaired) electrons. The minimum Gasteiger partial charge on any atom is -0.455 e. The summed E-state index contributed by atoms with van der Waals surface area (Å²) in [4.78, 5) is 0. The van der Waals surface area contributed by atoms with Crippen LogP contribution in [0.15, 0.2) is 72.8 Å². The Morgan fingerprint density at radius 1 is 0.619 bits per heavy atom. The zero-order valence-electron chi connectivity index (χ0n) is 11.5. The minimum atomic E-state index is 0.619. The topological polar surface area (TPSA) is 61.3 Å². The number of nitrogens with two attached hydrogens (primary N) is 2. The highest BCUT2D eigenvalue weighted by Crippen LogP contribution is 2.30. The third-order valence-electron chi connectivity index (χ3n) is 3.27. The molecule has 3 aromatic rings. The number of hydrogen-bond donors (Lipinski definition) is 2. The van der Waals surface area contributed by atoms with Gasteiger partial charge >= 0.3 is 0 Å². The number of benzene rings is 3. The molecule has 104 valence electrons. The minimum absolute atomic E-state index is 0.619. The average molecular weight is 276 g/mol. The third-order valence-corrected chi connectivity index (χ3v) is 3.27. The van der Waals surface area contributed by atoms with Crippen molar-refractivity contribution < 1.29 is 4.74 Å². The molecule has 0 aliphatic carbocycles. The van der Waals surface area contributed by atoms with E-state index in [2.05, 4.69) is 0 Å². The Kier molecular flexibility index (Phi) is 3.48. The standard InChI is InChI=1S/C18H16N2O/c19-16-6-2-1-5-15(16)13-9-11-14(12-10-13)21-18-8-4-3-7-17(18)20/h1-12H,19-20H2. The maximum Gasteiger partial charge on any atom is 0.150 e. The van der Waals surface area contributed by atoms with E-state index < -0.39 is 0 Å². The normalized spacial score (nSPS) is 10.3. The molecule has 4 N–H and O–H groups in total. The van der Waals surface area contributed by atoms with Crippen LogP contribution in [0.2, 0.25) is 0 Å². The molecular formula is C18H16N2O. The first-order valence-corrected chi connectivity index (χ1v) is 6.71. The van der Waals surface area contributed by atoms with Gasteiger partial charge in [-0.25, -0.2) is 0 Å². The zero-order valence-corrected chi connectivity index (χ0v) is 11.5. The predicted octanol–water partition coefficient (Wildman–Crippen LogP) is 4.31. The largest absolute Gasteiger partial charge is 0.455 e. The van der Waals surface area contributed by atoms with E-state index in [0.29, 0.717) is 11.4 Å². The Morgan fingerprint density at radius 3 is 1.90 bits per heavy atom. The van der Waals surface area contributed by atoms with Crippen molar-refractivity contribution in [3.05, 3.63) is 72.8 Å². The summed E-state index contributed by atoms with van der Waals surface area (Å²) in [7, 11) is 0. The van der Waals surface area contributed by atoms with Gasteiger partial charge in [-0.3, -0.25) is 0 Å². The van der Waals surface area contributed by atoms with Crippen LogP contribution in [0.3, 0.4) is 0 Å². The maximum absolute atomic E-state index is 5.99. The number of anilines is 2. The highest BCUT2D eigenvalue weighted by molar-refractivity contribution is 5.76. The summed E-state index contributed by atoms with van der Waals surface area (Å²) in [6.07, 6.45) is 0. The van der Waals surface area contributed by atoms with Gasteiger partial charge in [0, 0.05) is 11.3 Å². The van der Waals surface area contributed by atoms with E-state index in [4.69, 9.17) is 16.2 Å². The van der Waals surface area contributed by atoms with Crippen LogP contribution in [0.4, 0.5) is 11.4 Å². The molecular weight excluding hydrogens is 260 g/mol. The summed E-state index contributed by atoms with van der Waals surface area (Å²) in [6.45, 7) is 0. The maximum atomic E-state index is 5.99. The lowest BCUT2D eigenvalue weighted by Gasteiger charge is -2.10. The molecule has 0 heterocycles. The van der Waals surface area contributed by atoms with Gasteiger partial charge in [0.25, 0.3) is 0 Å². The molecule has 0 aromatic heterocycles. The van der Waals surface area contributed by atoms with Crippen LogP contribution in [0.5, 0.6) is 11.5 Å². The van der Waals surface area contributed by atoms with Crippen LogP contribution >= 0.6 is 0 Å². The number of rotatable bonds is 3. The molecule has 0 fully saturated rings. The smallest absolute Gasteiger partial charge is 0.150 e. The average Bonchev–Trinajstić information content (AvgIpc) is 2.51. The SMILES string of the molecule is Nc1ccccc1Oc1ccc(-c2ccccc2N)cc1. The molecule has 3 rings (SSSR count). The van der Waals surface area contributed by atoms with E-state index in [1.54, 1.807) is 0 Å². The van der Waals surface area contributed by atoms with Gasteiger partial charge < -0.3 is 16.2 Å². The van der Waals surface area contributed by atoms with E-state index in [1.165, 1.54) is 0 Å². The van der Waals surface area contributed by atoms with Gasteiger partial charge in [-0.2, -0.15) is 0 Å². The summed E-state index contributed by atoms with van der Waals surface area (Å²) in [6, 6.07) is 23.0. The molecule has 3 heteroatoms. The van der Waals surface area contributed by atoms with Crippen molar-refractivity contribution in [2.24, 2.45) is 0 Å². The molecule has 0 aliphatic rings. The second-order valence-electron chi connectivity index (χ2n) is 4.75. The van der Waals surface area contributed by atoms with E-state index >= 15 is 0 Å². The van der Waals surface area contributed by atoms with E-state index in [9.17, 15) is 0 Å². The van der Waals surface area contributed by atoms with Crippen LogP contribution in [0.1, 0.15) is 0 Å². The van der Waals surface area contributed by atoms with Crippen LogP contribution in [-0.4, -0.2) is 0 Å². The second-order valence-corrected chi connectivity index (χ2v) is 4.75. The van der Waals surface area contributed by atoms with Crippen molar-refractivity contribution in [2.75, 3.05) is 11.5 Å². The highest BCUT2D eigenvalue weighted by Gasteiger charge is 2.04. The molecule has 0 unspecified atom stereocenters. The van der Waals surface area contributed by atoms with Crippen molar-refractivity contribution in [3.63, 3.8) is 0 Å². The lowest BCUT2D eigenvalue weighted by Crippen LogP contribution is -1.92. The van der Waals surface area contributed by atoms with Gasteiger partial charge in [-0.05, 0) is 35.9 Å². The van der Waals surface area contributed by atoms with Crippen molar-refractivity contribution in [2.45, 2.75) is 0 Å². The van der Waals surface area contributed by atoms with Crippen molar-refractivity contribution >= 4 is 11.4 Å². The Hall–Kier alpha value is -2.94. The van der Waals surface area contributed by atoms with Gasteiger partial charge in [0.05, 0.1) is 5.69 Å². The monoisotopic (exact) mass is 276 g/mol. The molecule has 21 heavy (non-hydrogen) atoms. The van der Waals surface area contributed by atoms with Crippen LogP contribution < -0.4 is 16.2 Å². The lowest BCUT2D eigenvalue weighted by molar-refractivity contribution is 0.485. The van der Waals surface area contributed by atoms with Gasteiger partial charge in [0.2, 0.25) is 0 Å². The first kappa shape index (κ1) is 13.1. The molecule has 0 bridgehead atoms. The van der Waals surface area contributed by atoms with Gasteiger partial charge in [0.15, 0.2) is 0 Å². The fraction of sp³-hybridized carbons (Fsp3) is 0. The number of para-hydroxylation sites is 3. The van der Waals surface area contributed by atoms with Crippen LogP contribution in [0, 0.1) is 0 Å². The molecule has 0 saturated heterocycles. The number of hydrogen-bond acceptors (Lipinski definition) is 3. The molecule has 0 atom stereocenters. The molecule has 3 aromatic carbocycles. The summed E-state index contributed by atoms with van der Waals surface area (Å²) < 4.78 is 5.77.